The normalized spacial score (nSPS) is 15.8. The summed E-state index contributed by atoms with van der Waals surface area (Å²) in [6.07, 6.45) is 0.916. The minimum absolute atomic E-state index is 0.611. The number of hydrogen-bond acceptors (Lipinski definition) is 5. The summed E-state index contributed by atoms with van der Waals surface area (Å²) in [5.74, 6) is 1.44. The molecule has 0 saturated heterocycles. The average molecular weight is 361 g/mol. The molecule has 0 saturated carbocycles. The maximum Gasteiger partial charge on any atom is 0.161 e. The van der Waals surface area contributed by atoms with Crippen LogP contribution in [0.25, 0.3) is 5.70 Å². The lowest BCUT2D eigenvalue weighted by molar-refractivity contribution is 0.349. The van der Waals surface area contributed by atoms with E-state index in [9.17, 15) is 5.26 Å². The van der Waals surface area contributed by atoms with Gasteiger partial charge in [-0.05, 0) is 48.7 Å². The molecule has 138 valence electrons. The summed E-state index contributed by atoms with van der Waals surface area (Å²) in [5.41, 5.74) is 6.48. The van der Waals surface area contributed by atoms with E-state index in [0.29, 0.717) is 12.3 Å². The summed E-state index contributed by atoms with van der Waals surface area (Å²) < 4.78 is 10.9. The van der Waals surface area contributed by atoms with Crippen LogP contribution in [0.15, 0.2) is 42.0 Å². The van der Waals surface area contributed by atoms with E-state index >= 15 is 0 Å². The molecular weight excluding hydrogens is 338 g/mol. The molecule has 0 radical (unpaired) electrons. The Bertz CT molecular complexity index is 959. The molecular formula is C22H23N3O2. The Kier molecular flexibility index (Phi) is 4.41. The number of anilines is 1. The monoisotopic (exact) mass is 361 g/mol. The van der Waals surface area contributed by atoms with Crippen molar-refractivity contribution in [3.05, 3.63) is 58.7 Å². The summed E-state index contributed by atoms with van der Waals surface area (Å²) in [7, 11) is 3.30. The maximum absolute atomic E-state index is 9.88. The predicted octanol–water partition coefficient (Wildman–Crippen LogP) is 3.58. The molecule has 2 aliphatic heterocycles. The summed E-state index contributed by atoms with van der Waals surface area (Å²) in [6.45, 7) is 4.36. The number of fused-ring (bicyclic) bond motifs is 3. The van der Waals surface area contributed by atoms with E-state index in [-0.39, 0.29) is 0 Å². The van der Waals surface area contributed by atoms with E-state index < -0.39 is 0 Å². The van der Waals surface area contributed by atoms with Crippen LogP contribution < -0.4 is 14.4 Å². The van der Waals surface area contributed by atoms with E-state index in [1.807, 2.05) is 12.1 Å². The van der Waals surface area contributed by atoms with Gasteiger partial charge in [0.25, 0.3) is 0 Å². The zero-order chi connectivity index (χ0) is 19.0. The molecule has 0 unspecified atom stereocenters. The number of nitrogens with zero attached hydrogens (tertiary/aromatic N) is 3. The van der Waals surface area contributed by atoms with Crippen molar-refractivity contribution in [1.29, 1.82) is 5.26 Å². The number of nitriles is 1. The van der Waals surface area contributed by atoms with Crippen LogP contribution in [-0.4, -0.2) is 38.9 Å². The molecule has 2 aromatic carbocycles. The van der Waals surface area contributed by atoms with Crippen LogP contribution in [0.5, 0.6) is 11.5 Å². The number of rotatable bonds is 3. The lowest BCUT2D eigenvalue weighted by Gasteiger charge is -2.43. The average Bonchev–Trinajstić information content (AvgIpc) is 2.71. The molecule has 0 amide bonds. The SMILES string of the molecule is COc1cc2c(cc1OC)C1=C(C#N)CN(c3cccc(C)c3)CN1CC2. The van der Waals surface area contributed by atoms with Crippen molar-refractivity contribution in [1.82, 2.24) is 4.90 Å². The number of ether oxygens (including phenoxy) is 2. The van der Waals surface area contributed by atoms with E-state index in [1.54, 1.807) is 14.2 Å². The first-order valence-corrected chi connectivity index (χ1v) is 9.09. The fourth-order valence-electron chi connectivity index (χ4n) is 3.99. The van der Waals surface area contributed by atoms with Crippen molar-refractivity contribution in [2.45, 2.75) is 13.3 Å². The highest BCUT2D eigenvalue weighted by molar-refractivity contribution is 5.78. The van der Waals surface area contributed by atoms with Gasteiger partial charge >= 0.3 is 0 Å². The molecule has 0 fully saturated rings. The molecule has 4 rings (SSSR count). The highest BCUT2D eigenvalue weighted by Gasteiger charge is 2.31. The fourth-order valence-corrected chi connectivity index (χ4v) is 3.99. The zero-order valence-electron chi connectivity index (χ0n) is 16.0. The Hall–Kier alpha value is -3.13. The van der Waals surface area contributed by atoms with Gasteiger partial charge in [-0.3, -0.25) is 0 Å². The molecule has 5 heteroatoms. The predicted molar refractivity (Wildman–Crippen MR) is 106 cm³/mol. The van der Waals surface area contributed by atoms with Crippen LogP contribution >= 0.6 is 0 Å². The van der Waals surface area contributed by atoms with Crippen LogP contribution in [-0.2, 0) is 6.42 Å². The quantitative estimate of drug-likeness (QED) is 0.836. The standard InChI is InChI=1S/C22H23N3O2/c1-15-5-4-6-18(9-15)25-13-17(12-23)22-19-11-21(27-3)20(26-2)10-16(19)7-8-24(22)14-25/h4-6,9-11H,7-8,13-14H2,1-3H3. The van der Waals surface area contributed by atoms with Crippen LogP contribution in [0.1, 0.15) is 16.7 Å². The molecule has 2 aromatic rings. The van der Waals surface area contributed by atoms with Crippen molar-refractivity contribution in [2.75, 3.05) is 38.9 Å². The van der Waals surface area contributed by atoms with Gasteiger partial charge in [0.05, 0.1) is 44.8 Å². The molecule has 5 nitrogen and oxygen atoms in total. The topological polar surface area (TPSA) is 48.7 Å². The molecule has 0 aromatic heterocycles. The lowest BCUT2D eigenvalue weighted by atomic mass is 9.92. The highest BCUT2D eigenvalue weighted by atomic mass is 16.5. The van der Waals surface area contributed by atoms with E-state index in [2.05, 4.69) is 47.1 Å². The number of aryl methyl sites for hydroxylation is 1. The second-order valence-corrected chi connectivity index (χ2v) is 7.00. The third-order valence-corrected chi connectivity index (χ3v) is 5.31. The third-order valence-electron chi connectivity index (χ3n) is 5.31. The van der Waals surface area contributed by atoms with Crippen molar-refractivity contribution in [3.63, 3.8) is 0 Å². The van der Waals surface area contributed by atoms with Gasteiger partial charge in [0.15, 0.2) is 11.5 Å². The summed E-state index contributed by atoms with van der Waals surface area (Å²) in [4.78, 5) is 4.57. The molecule has 0 bridgehead atoms. The second-order valence-electron chi connectivity index (χ2n) is 7.00. The van der Waals surface area contributed by atoms with Gasteiger partial charge in [-0.25, -0.2) is 0 Å². The Morgan fingerprint density at radius 3 is 2.52 bits per heavy atom. The number of benzene rings is 2. The first-order chi connectivity index (χ1) is 13.1. The molecule has 0 atom stereocenters. The Morgan fingerprint density at radius 2 is 1.81 bits per heavy atom. The smallest absolute Gasteiger partial charge is 0.161 e. The largest absolute Gasteiger partial charge is 0.493 e. The van der Waals surface area contributed by atoms with Gasteiger partial charge in [-0.1, -0.05) is 12.1 Å². The molecule has 0 spiro atoms. The minimum Gasteiger partial charge on any atom is -0.493 e. The van der Waals surface area contributed by atoms with Gasteiger partial charge in [-0.2, -0.15) is 5.26 Å². The Morgan fingerprint density at radius 1 is 1.04 bits per heavy atom. The first-order valence-electron chi connectivity index (χ1n) is 9.09. The maximum atomic E-state index is 9.88. The van der Waals surface area contributed by atoms with Crippen molar-refractivity contribution < 1.29 is 9.47 Å². The Balaban J connectivity index is 1.79. The fraction of sp³-hybridized carbons (Fsp3) is 0.318. The molecule has 27 heavy (non-hydrogen) atoms. The van der Waals surface area contributed by atoms with Crippen LogP contribution in [0.3, 0.4) is 0 Å². The summed E-state index contributed by atoms with van der Waals surface area (Å²) >= 11 is 0. The minimum atomic E-state index is 0.611. The van der Waals surface area contributed by atoms with Crippen LogP contribution in [0.4, 0.5) is 5.69 Å². The third kappa shape index (κ3) is 2.97. The van der Waals surface area contributed by atoms with Gasteiger partial charge in [-0.15, -0.1) is 0 Å². The molecule has 0 N–H and O–H groups in total. The van der Waals surface area contributed by atoms with Crippen LogP contribution in [0, 0.1) is 18.3 Å². The molecule has 2 aliphatic rings. The Labute approximate surface area is 160 Å². The first kappa shape index (κ1) is 17.3. The number of methoxy groups -OCH3 is 2. The van der Waals surface area contributed by atoms with Crippen molar-refractivity contribution in [3.8, 4) is 17.6 Å². The second kappa shape index (κ2) is 6.88. The van der Waals surface area contributed by atoms with Crippen molar-refractivity contribution >= 4 is 11.4 Å². The van der Waals surface area contributed by atoms with E-state index in [0.717, 1.165) is 47.9 Å². The molecule has 0 aliphatic carbocycles. The van der Waals surface area contributed by atoms with Crippen LogP contribution in [0.2, 0.25) is 0 Å². The zero-order valence-corrected chi connectivity index (χ0v) is 16.0. The van der Waals surface area contributed by atoms with Gasteiger partial charge in [0.1, 0.15) is 0 Å². The highest BCUT2D eigenvalue weighted by Crippen LogP contribution is 2.40. The number of hydrogen-bond donors (Lipinski definition) is 0. The van der Waals surface area contributed by atoms with Gasteiger partial charge < -0.3 is 19.3 Å². The summed E-state index contributed by atoms with van der Waals surface area (Å²) in [5, 5.41) is 9.88. The summed E-state index contributed by atoms with van der Waals surface area (Å²) in [6, 6.07) is 14.9. The van der Waals surface area contributed by atoms with Gasteiger partial charge in [0.2, 0.25) is 0 Å². The van der Waals surface area contributed by atoms with Gasteiger partial charge in [0, 0.05) is 17.8 Å². The lowest BCUT2D eigenvalue weighted by Crippen LogP contribution is -2.45. The van der Waals surface area contributed by atoms with E-state index in [1.165, 1.54) is 11.1 Å². The van der Waals surface area contributed by atoms with E-state index in [4.69, 9.17) is 9.47 Å². The van der Waals surface area contributed by atoms with Crippen molar-refractivity contribution in [2.24, 2.45) is 0 Å². The molecule has 2 heterocycles.